The first-order valence-electron chi connectivity index (χ1n) is 15.2. The van der Waals surface area contributed by atoms with Crippen molar-refractivity contribution in [3.05, 3.63) is 94.4 Å². The fraction of sp³-hybridized carbons (Fsp3) is 0.286. The third-order valence-electron chi connectivity index (χ3n) is 8.03. The van der Waals surface area contributed by atoms with Crippen LogP contribution in [-0.2, 0) is 6.54 Å². The number of nitrogens with zero attached hydrogens (tertiary/aromatic N) is 5. The number of likely N-dealkylation sites (N-methyl/N-ethyl adjacent to an activating group) is 1. The van der Waals surface area contributed by atoms with Crippen LogP contribution < -0.4 is 35.3 Å². The first-order chi connectivity index (χ1) is 22.4. The van der Waals surface area contributed by atoms with Gasteiger partial charge in [0.1, 0.15) is 29.5 Å². The molecule has 0 amide bonds. The van der Waals surface area contributed by atoms with E-state index in [1.54, 1.807) is 25.0 Å². The molecule has 11 heteroatoms. The van der Waals surface area contributed by atoms with Crippen molar-refractivity contribution in [3.63, 3.8) is 0 Å². The summed E-state index contributed by atoms with van der Waals surface area (Å²) in [5.41, 5.74) is 5.59. The molecule has 46 heavy (non-hydrogen) atoms. The van der Waals surface area contributed by atoms with Gasteiger partial charge in [-0.05, 0) is 75.1 Å². The number of aryl methyl sites for hydroxylation is 1. The maximum Gasteiger partial charge on any atom is 0.280 e. The molecule has 0 fully saturated rings. The molecule has 0 bridgehead atoms. The topological polar surface area (TPSA) is 106 Å². The molecule has 0 unspecified atom stereocenters. The van der Waals surface area contributed by atoms with Crippen molar-refractivity contribution in [2.45, 2.75) is 13.5 Å². The number of hydrogen-bond donors (Lipinski definition) is 2. The number of pyridine rings is 1. The van der Waals surface area contributed by atoms with Crippen molar-refractivity contribution in [1.82, 2.24) is 19.4 Å². The van der Waals surface area contributed by atoms with Gasteiger partial charge in [-0.2, -0.15) is 4.98 Å². The second kappa shape index (κ2) is 13.4. The Bertz CT molecular complexity index is 1910. The van der Waals surface area contributed by atoms with E-state index in [0.29, 0.717) is 60.7 Å². The Labute approximate surface area is 268 Å². The normalized spacial score (nSPS) is 12.5. The van der Waals surface area contributed by atoms with Crippen LogP contribution in [0.15, 0.2) is 77.7 Å². The first kappa shape index (κ1) is 30.7. The number of anilines is 4. The molecule has 3 heterocycles. The van der Waals surface area contributed by atoms with Gasteiger partial charge in [-0.15, -0.1) is 0 Å². The van der Waals surface area contributed by atoms with Crippen molar-refractivity contribution < 1.29 is 14.2 Å². The van der Waals surface area contributed by atoms with Gasteiger partial charge in [0, 0.05) is 49.4 Å². The van der Waals surface area contributed by atoms with Crippen molar-refractivity contribution >= 4 is 34.0 Å². The standard InChI is InChI=1S/C35H39N7O4/c1-23-7-6-8-29-32(23)36-15-16-41(29)30-19-25-22-38-35(37-21-24-9-12-28(44-4)20-31(24)45-5)39-33(25)42(34(30)43)26-10-13-27(14-11-26)46-18-17-40(2)3/h6-14,19-20,22,36H,15-18,21H2,1-5H3,(H,37,38,39). The lowest BCUT2D eigenvalue weighted by Crippen LogP contribution is -2.35. The summed E-state index contributed by atoms with van der Waals surface area (Å²) in [6, 6.07) is 21.2. The van der Waals surface area contributed by atoms with Crippen molar-refractivity contribution in [2.24, 2.45) is 0 Å². The van der Waals surface area contributed by atoms with Crippen LogP contribution in [0.2, 0.25) is 0 Å². The van der Waals surface area contributed by atoms with Gasteiger partial charge >= 0.3 is 0 Å². The minimum absolute atomic E-state index is 0.176. The van der Waals surface area contributed by atoms with E-state index in [9.17, 15) is 4.79 Å². The number of fused-ring (bicyclic) bond motifs is 2. The predicted octanol–water partition coefficient (Wildman–Crippen LogP) is 5.22. The van der Waals surface area contributed by atoms with Crippen LogP contribution in [0.4, 0.5) is 23.0 Å². The van der Waals surface area contributed by atoms with Crippen LogP contribution in [0.25, 0.3) is 16.7 Å². The second-order valence-electron chi connectivity index (χ2n) is 11.4. The molecule has 6 rings (SSSR count). The van der Waals surface area contributed by atoms with E-state index in [-0.39, 0.29) is 5.56 Å². The summed E-state index contributed by atoms with van der Waals surface area (Å²) < 4.78 is 18.5. The minimum atomic E-state index is -0.176. The fourth-order valence-electron chi connectivity index (χ4n) is 5.58. The van der Waals surface area contributed by atoms with Gasteiger partial charge < -0.3 is 34.6 Å². The Balaban J connectivity index is 1.42. The average molecular weight is 622 g/mol. The largest absolute Gasteiger partial charge is 0.497 e. The first-order valence-corrected chi connectivity index (χ1v) is 15.2. The maximum absolute atomic E-state index is 14.5. The quantitative estimate of drug-likeness (QED) is 0.204. The lowest BCUT2D eigenvalue weighted by atomic mass is 10.1. The van der Waals surface area contributed by atoms with Crippen molar-refractivity contribution in [1.29, 1.82) is 0 Å². The summed E-state index contributed by atoms with van der Waals surface area (Å²) in [7, 11) is 7.26. The molecule has 0 radical (unpaired) electrons. The molecule has 0 aliphatic carbocycles. The monoisotopic (exact) mass is 621 g/mol. The van der Waals surface area contributed by atoms with Gasteiger partial charge in [0.2, 0.25) is 5.95 Å². The Kier molecular flexibility index (Phi) is 8.93. The molecule has 5 aromatic rings. The molecule has 2 aromatic heterocycles. The highest BCUT2D eigenvalue weighted by atomic mass is 16.5. The molecule has 3 aromatic carbocycles. The number of benzene rings is 3. The van der Waals surface area contributed by atoms with Crippen LogP contribution in [-0.4, -0.2) is 74.0 Å². The van der Waals surface area contributed by atoms with Crippen LogP contribution in [0.1, 0.15) is 11.1 Å². The summed E-state index contributed by atoms with van der Waals surface area (Å²) in [5, 5.41) is 7.53. The Morgan fingerprint density at radius 1 is 0.978 bits per heavy atom. The second-order valence-corrected chi connectivity index (χ2v) is 11.4. The maximum atomic E-state index is 14.5. The molecule has 238 valence electrons. The molecule has 1 aliphatic heterocycles. The van der Waals surface area contributed by atoms with Crippen LogP contribution in [0.3, 0.4) is 0 Å². The van der Waals surface area contributed by atoms with E-state index < -0.39 is 0 Å². The number of nitrogens with one attached hydrogen (secondary N) is 2. The summed E-state index contributed by atoms with van der Waals surface area (Å²) in [4.78, 5) is 28.1. The smallest absolute Gasteiger partial charge is 0.280 e. The third-order valence-corrected chi connectivity index (χ3v) is 8.03. The van der Waals surface area contributed by atoms with Crippen molar-refractivity contribution in [2.75, 3.05) is 70.1 Å². The van der Waals surface area contributed by atoms with E-state index in [0.717, 1.165) is 40.2 Å². The summed E-state index contributed by atoms with van der Waals surface area (Å²) in [5.74, 6) is 2.52. The summed E-state index contributed by atoms with van der Waals surface area (Å²) in [6.45, 7) is 5.20. The van der Waals surface area contributed by atoms with Gasteiger partial charge in [0.15, 0.2) is 5.65 Å². The summed E-state index contributed by atoms with van der Waals surface area (Å²) >= 11 is 0. The number of aromatic nitrogens is 3. The predicted molar refractivity (Wildman–Crippen MR) is 183 cm³/mol. The van der Waals surface area contributed by atoms with Crippen LogP contribution in [0.5, 0.6) is 17.2 Å². The SMILES string of the molecule is COc1ccc(CNc2ncc3cc(N4CCNc5c(C)cccc54)c(=O)n(-c4ccc(OCCN(C)C)cc4)c3n2)c(OC)c1. The van der Waals surface area contributed by atoms with Gasteiger partial charge in [-0.25, -0.2) is 4.98 Å². The summed E-state index contributed by atoms with van der Waals surface area (Å²) in [6.07, 6.45) is 1.76. The zero-order chi connectivity index (χ0) is 32.2. The van der Waals surface area contributed by atoms with E-state index in [4.69, 9.17) is 19.2 Å². The lowest BCUT2D eigenvalue weighted by molar-refractivity contribution is 0.261. The Morgan fingerprint density at radius 3 is 2.54 bits per heavy atom. The van der Waals surface area contributed by atoms with E-state index in [1.165, 1.54) is 0 Å². The average Bonchev–Trinajstić information content (AvgIpc) is 3.07. The number of methoxy groups -OCH3 is 2. The number of ether oxygens (including phenoxy) is 3. The van der Waals surface area contributed by atoms with Crippen LogP contribution in [0, 0.1) is 6.92 Å². The number of para-hydroxylation sites is 1. The minimum Gasteiger partial charge on any atom is -0.497 e. The molecule has 11 nitrogen and oxygen atoms in total. The number of hydrogen-bond acceptors (Lipinski definition) is 10. The molecular formula is C35H39N7O4. The highest BCUT2D eigenvalue weighted by Crippen LogP contribution is 2.36. The van der Waals surface area contributed by atoms with E-state index in [2.05, 4.69) is 38.4 Å². The molecular weight excluding hydrogens is 582 g/mol. The highest BCUT2D eigenvalue weighted by Gasteiger charge is 2.24. The van der Waals surface area contributed by atoms with E-state index in [1.807, 2.05) is 74.8 Å². The van der Waals surface area contributed by atoms with Crippen LogP contribution >= 0.6 is 0 Å². The molecule has 2 N–H and O–H groups in total. The Morgan fingerprint density at radius 2 is 1.78 bits per heavy atom. The zero-order valence-electron chi connectivity index (χ0n) is 26.8. The molecule has 1 aliphatic rings. The van der Waals surface area contributed by atoms with Gasteiger partial charge in [0.25, 0.3) is 5.56 Å². The molecule has 0 saturated heterocycles. The van der Waals surface area contributed by atoms with Gasteiger partial charge in [-0.3, -0.25) is 9.36 Å². The fourth-order valence-corrected chi connectivity index (χ4v) is 5.58. The third kappa shape index (κ3) is 6.27. The van der Waals surface area contributed by atoms with Crippen molar-refractivity contribution in [3.8, 4) is 22.9 Å². The lowest BCUT2D eigenvalue weighted by Gasteiger charge is -2.33. The highest BCUT2D eigenvalue weighted by molar-refractivity contribution is 5.86. The zero-order valence-corrected chi connectivity index (χ0v) is 26.8. The molecule has 0 saturated carbocycles. The van der Waals surface area contributed by atoms with Gasteiger partial charge in [-0.1, -0.05) is 12.1 Å². The Hall–Kier alpha value is -5.29. The number of rotatable bonds is 11. The van der Waals surface area contributed by atoms with E-state index >= 15 is 0 Å². The molecule has 0 spiro atoms. The van der Waals surface area contributed by atoms with Gasteiger partial charge in [0.05, 0.1) is 31.3 Å². The molecule has 0 atom stereocenters.